The number of benzene rings is 4. The summed E-state index contributed by atoms with van der Waals surface area (Å²) < 4.78 is 79.7. The fourth-order valence-corrected chi connectivity index (χ4v) is 6.24. The first-order valence-electron chi connectivity index (χ1n) is 11.3. The zero-order valence-corrected chi connectivity index (χ0v) is 27.0. The standard InChI is InChI=1S/C28H18O8S2.2Na.2H/c29-37(30,31)27-21-5-1-3-7-23(21)35-25(27)19-13-9-17(10-14-19)18-11-15-20(16-12-18)26-28(38(32,33)34)22-6-2-4-8-24(22)36-26;;;;/h1-16H,(H,29,30,31)(H,32,33,34);;;;/q;2*+1;2*-1. The first-order chi connectivity index (χ1) is 18.1. The van der Waals surface area contributed by atoms with Crippen LogP contribution in [0.4, 0.5) is 0 Å². The predicted molar refractivity (Wildman–Crippen MR) is 144 cm³/mol. The molecule has 6 aromatic rings. The summed E-state index contributed by atoms with van der Waals surface area (Å²) in [5.41, 5.74) is 3.20. The average Bonchev–Trinajstić information content (AvgIpc) is 3.48. The van der Waals surface area contributed by atoms with Gasteiger partial charge in [-0.15, -0.1) is 0 Å². The molecule has 0 amide bonds. The van der Waals surface area contributed by atoms with Gasteiger partial charge >= 0.3 is 59.1 Å². The monoisotopic (exact) mass is 594 g/mol. The van der Waals surface area contributed by atoms with Crippen LogP contribution in [0.5, 0.6) is 0 Å². The smallest absolute Gasteiger partial charge is 1.00 e. The fraction of sp³-hybridized carbons (Fsp3) is 0. The van der Waals surface area contributed by atoms with Gasteiger partial charge < -0.3 is 11.7 Å². The van der Waals surface area contributed by atoms with Crippen LogP contribution in [0.3, 0.4) is 0 Å². The topological polar surface area (TPSA) is 135 Å². The van der Waals surface area contributed by atoms with E-state index in [2.05, 4.69) is 0 Å². The number of hydrogen-bond acceptors (Lipinski definition) is 6. The minimum Gasteiger partial charge on any atom is -1.00 e. The molecule has 40 heavy (non-hydrogen) atoms. The molecule has 0 saturated heterocycles. The summed E-state index contributed by atoms with van der Waals surface area (Å²) in [5.74, 6) is 0.0800. The average molecular weight is 595 g/mol. The van der Waals surface area contributed by atoms with E-state index in [9.17, 15) is 25.9 Å². The first kappa shape index (κ1) is 30.7. The minimum atomic E-state index is -4.55. The Hall–Kier alpha value is -2.22. The van der Waals surface area contributed by atoms with Crippen molar-refractivity contribution >= 4 is 42.2 Å². The Bertz CT molecular complexity index is 1920. The van der Waals surface area contributed by atoms with Crippen LogP contribution >= 0.6 is 0 Å². The van der Waals surface area contributed by atoms with Gasteiger partial charge in [-0.25, -0.2) is 0 Å². The molecule has 0 aliphatic heterocycles. The van der Waals surface area contributed by atoms with Crippen LogP contribution in [0.2, 0.25) is 0 Å². The number of rotatable bonds is 5. The predicted octanol–water partition coefficient (Wildman–Crippen LogP) is 0.906. The molecule has 0 fully saturated rings. The van der Waals surface area contributed by atoms with E-state index in [0.29, 0.717) is 33.1 Å². The third-order valence-electron chi connectivity index (χ3n) is 6.24. The largest absolute Gasteiger partial charge is 1.00 e. The number of fused-ring (bicyclic) bond motifs is 2. The fourth-order valence-electron chi connectivity index (χ4n) is 4.56. The van der Waals surface area contributed by atoms with E-state index < -0.39 is 20.2 Å². The van der Waals surface area contributed by atoms with Gasteiger partial charge in [0.2, 0.25) is 0 Å². The van der Waals surface area contributed by atoms with Gasteiger partial charge in [0.1, 0.15) is 21.0 Å². The van der Waals surface area contributed by atoms with Crippen LogP contribution in [0.15, 0.2) is 116 Å². The molecule has 0 atom stereocenters. The Morgan fingerprint density at radius 1 is 0.475 bits per heavy atom. The Kier molecular flexibility index (Phi) is 8.89. The molecule has 0 aliphatic rings. The molecule has 6 rings (SSSR count). The Balaban J connectivity index is 0.00000154. The second-order valence-electron chi connectivity index (χ2n) is 8.62. The molecule has 0 bridgehead atoms. The van der Waals surface area contributed by atoms with E-state index in [4.69, 9.17) is 8.83 Å². The Morgan fingerprint density at radius 2 is 0.775 bits per heavy atom. The van der Waals surface area contributed by atoms with Gasteiger partial charge in [-0.05, 0) is 35.4 Å². The van der Waals surface area contributed by atoms with Crippen LogP contribution in [0.25, 0.3) is 55.7 Å². The second kappa shape index (κ2) is 11.6. The molecular weight excluding hydrogens is 574 g/mol. The van der Waals surface area contributed by atoms with Crippen LogP contribution in [-0.4, -0.2) is 25.9 Å². The van der Waals surface area contributed by atoms with Crippen molar-refractivity contribution in [3.63, 3.8) is 0 Å². The van der Waals surface area contributed by atoms with Crippen LogP contribution in [-0.2, 0) is 20.2 Å². The Labute approximate surface area is 277 Å². The molecule has 0 aliphatic carbocycles. The molecule has 2 aromatic heterocycles. The SMILES string of the molecule is O=S(=O)(O)c1c(-c2ccc(-c3ccc(-c4oc5ccccc5c4S(=O)(=O)O)cc3)cc2)oc2ccccc12.[H-].[H-].[Na+].[Na+]. The van der Waals surface area contributed by atoms with Crippen molar-refractivity contribution in [1.29, 1.82) is 0 Å². The number of para-hydroxylation sites is 2. The van der Waals surface area contributed by atoms with Crippen molar-refractivity contribution in [3.05, 3.63) is 97.1 Å². The first-order valence-corrected chi connectivity index (χ1v) is 14.2. The molecule has 2 N–H and O–H groups in total. The molecule has 0 radical (unpaired) electrons. The molecule has 194 valence electrons. The van der Waals surface area contributed by atoms with E-state index in [1.54, 1.807) is 97.1 Å². The van der Waals surface area contributed by atoms with Crippen molar-refractivity contribution in [3.8, 4) is 33.8 Å². The molecule has 8 nitrogen and oxygen atoms in total. The van der Waals surface area contributed by atoms with E-state index in [-0.39, 0.29) is 83.3 Å². The van der Waals surface area contributed by atoms with Gasteiger partial charge in [0.05, 0.1) is 0 Å². The normalized spacial score (nSPS) is 11.8. The van der Waals surface area contributed by atoms with Gasteiger partial charge in [0.15, 0.2) is 11.5 Å². The summed E-state index contributed by atoms with van der Waals surface area (Å²) >= 11 is 0. The quantitative estimate of drug-likeness (QED) is 0.222. The molecule has 12 heteroatoms. The number of hydrogen-bond donors (Lipinski definition) is 2. The zero-order chi connectivity index (χ0) is 26.7. The van der Waals surface area contributed by atoms with E-state index in [1.807, 2.05) is 0 Å². The van der Waals surface area contributed by atoms with Crippen molar-refractivity contribution < 1.29 is 96.7 Å². The second-order valence-corrected chi connectivity index (χ2v) is 11.3. The zero-order valence-electron chi connectivity index (χ0n) is 23.4. The van der Waals surface area contributed by atoms with E-state index >= 15 is 0 Å². The van der Waals surface area contributed by atoms with E-state index in [0.717, 1.165) is 11.1 Å². The molecule has 0 unspecified atom stereocenters. The summed E-state index contributed by atoms with van der Waals surface area (Å²) in [6.45, 7) is 0. The van der Waals surface area contributed by atoms with Crippen LogP contribution in [0, 0.1) is 0 Å². The molecule has 0 saturated carbocycles. The molecule has 4 aromatic carbocycles. The summed E-state index contributed by atoms with van der Waals surface area (Å²) in [4.78, 5) is -0.573. The minimum absolute atomic E-state index is 0. The summed E-state index contributed by atoms with van der Waals surface area (Å²) in [6.07, 6.45) is 0. The van der Waals surface area contributed by atoms with Gasteiger partial charge in [-0.2, -0.15) is 16.8 Å². The maximum atomic E-state index is 12.1. The maximum Gasteiger partial charge on any atom is 1.00 e. The van der Waals surface area contributed by atoms with Gasteiger partial charge in [-0.3, -0.25) is 9.11 Å². The van der Waals surface area contributed by atoms with Crippen molar-refractivity contribution in [1.82, 2.24) is 0 Å². The third-order valence-corrected chi connectivity index (χ3v) is 8.09. The van der Waals surface area contributed by atoms with Gasteiger partial charge in [0, 0.05) is 21.9 Å². The van der Waals surface area contributed by atoms with E-state index in [1.165, 1.54) is 0 Å². The maximum absolute atomic E-state index is 12.1. The van der Waals surface area contributed by atoms with Crippen LogP contribution in [0.1, 0.15) is 2.85 Å². The van der Waals surface area contributed by atoms with Crippen molar-refractivity contribution in [2.75, 3.05) is 0 Å². The Morgan fingerprint density at radius 3 is 1.10 bits per heavy atom. The molecule has 2 heterocycles. The summed E-state index contributed by atoms with van der Waals surface area (Å²) in [7, 11) is -9.09. The van der Waals surface area contributed by atoms with Crippen LogP contribution < -0.4 is 59.1 Å². The molecule has 0 spiro atoms. The summed E-state index contributed by atoms with van der Waals surface area (Å²) in [6, 6.07) is 27.0. The molecular formula is C28H20Na2O8S2. The van der Waals surface area contributed by atoms with Crippen molar-refractivity contribution in [2.24, 2.45) is 0 Å². The summed E-state index contributed by atoms with van der Waals surface area (Å²) in [5, 5.41) is 0.582. The number of furan rings is 2. The third kappa shape index (κ3) is 5.62. The van der Waals surface area contributed by atoms with Gasteiger partial charge in [-0.1, -0.05) is 72.8 Å². The van der Waals surface area contributed by atoms with Gasteiger partial charge in [0.25, 0.3) is 20.2 Å². The van der Waals surface area contributed by atoms with Crippen molar-refractivity contribution in [2.45, 2.75) is 9.79 Å².